The molecule has 3 fully saturated rings. The van der Waals surface area contributed by atoms with Crippen LogP contribution < -0.4 is 26.6 Å². The number of ketones is 2. The van der Waals surface area contributed by atoms with Crippen LogP contribution in [0.15, 0.2) is 91.1 Å². The number of Topliss-reactive ketones (excluding diaryl/α,β-unsaturated/α-hetero) is 2. The molecule has 1 saturated carbocycles. The molecule has 2 saturated heterocycles. The molecule has 19 heteroatoms. The fourth-order valence-corrected chi connectivity index (χ4v) is 12.3. The minimum atomic E-state index is -1.35. The van der Waals surface area contributed by atoms with Gasteiger partial charge in [0.2, 0.25) is 17.7 Å². The number of piperidine rings is 1. The van der Waals surface area contributed by atoms with Crippen molar-refractivity contribution in [3.05, 3.63) is 135 Å². The maximum atomic E-state index is 16.3. The largest absolute Gasteiger partial charge is 0.379 e. The van der Waals surface area contributed by atoms with Crippen molar-refractivity contribution in [2.75, 3.05) is 62.1 Å². The number of nitrogens with zero attached hydrogens (tertiary/aromatic N) is 1. The number of carbonyl (C=O) groups excluding carboxylic acids is 7. The predicted octanol–water partition coefficient (Wildman–Crippen LogP) is 9.06. The Bertz CT molecular complexity index is 2950. The molecule has 4 aromatic rings. The number of hydrogen-bond donors (Lipinski definition) is 5. The van der Waals surface area contributed by atoms with Crippen molar-refractivity contribution in [2.45, 2.75) is 112 Å². The van der Waals surface area contributed by atoms with E-state index in [1.165, 1.54) is 6.07 Å². The molecule has 0 aromatic heterocycles. The number of ether oxygens (including phenoxy) is 3. The first-order valence-corrected chi connectivity index (χ1v) is 27.3. The van der Waals surface area contributed by atoms with Crippen molar-refractivity contribution in [3.8, 4) is 0 Å². The molecule has 406 valence electrons. The van der Waals surface area contributed by atoms with E-state index in [1.54, 1.807) is 66.7 Å². The van der Waals surface area contributed by atoms with Gasteiger partial charge in [-0.25, -0.2) is 4.39 Å². The van der Waals surface area contributed by atoms with Gasteiger partial charge < -0.3 is 35.5 Å². The van der Waals surface area contributed by atoms with Crippen LogP contribution in [-0.2, 0) is 38.8 Å². The lowest BCUT2D eigenvalue weighted by molar-refractivity contribution is -0.125. The molecule has 4 aromatic carbocycles. The second-order valence-electron chi connectivity index (χ2n) is 20.3. The van der Waals surface area contributed by atoms with Crippen molar-refractivity contribution in [2.24, 2.45) is 0 Å². The van der Waals surface area contributed by atoms with Gasteiger partial charge in [0.15, 0.2) is 11.6 Å². The van der Waals surface area contributed by atoms with Gasteiger partial charge in [0.05, 0.1) is 55.2 Å². The van der Waals surface area contributed by atoms with E-state index in [-0.39, 0.29) is 45.7 Å². The lowest BCUT2D eigenvalue weighted by atomic mass is 9.55. The second-order valence-corrected chi connectivity index (χ2v) is 21.2. The van der Waals surface area contributed by atoms with Crippen molar-refractivity contribution in [3.63, 3.8) is 0 Å². The van der Waals surface area contributed by atoms with Gasteiger partial charge in [0, 0.05) is 70.9 Å². The smallest absolute Gasteiger partial charge is 0.264 e. The van der Waals surface area contributed by atoms with Crippen molar-refractivity contribution in [1.29, 1.82) is 0 Å². The number of rotatable bonds is 24. The summed E-state index contributed by atoms with van der Waals surface area (Å²) >= 11 is 12.8. The van der Waals surface area contributed by atoms with Crippen LogP contribution in [0.2, 0.25) is 10.0 Å². The molecule has 1 aliphatic carbocycles. The van der Waals surface area contributed by atoms with E-state index >= 15 is 4.39 Å². The van der Waals surface area contributed by atoms with Crippen molar-refractivity contribution < 1.29 is 52.2 Å². The van der Waals surface area contributed by atoms with Gasteiger partial charge in [-0.15, -0.1) is 0 Å². The van der Waals surface area contributed by atoms with Crippen LogP contribution in [0.3, 0.4) is 0 Å². The first kappa shape index (κ1) is 55.4. The number of imide groups is 1. The summed E-state index contributed by atoms with van der Waals surface area (Å²) in [5, 5.41) is 15.6. The lowest BCUT2D eigenvalue weighted by Gasteiger charge is -2.47. The van der Waals surface area contributed by atoms with Gasteiger partial charge in [-0.2, -0.15) is 0 Å². The van der Waals surface area contributed by atoms with Gasteiger partial charge >= 0.3 is 0 Å². The number of allylic oxidation sites excluding steroid dienone is 1. The minimum Gasteiger partial charge on any atom is -0.379 e. The quantitative estimate of drug-likeness (QED) is 0.0253. The van der Waals surface area contributed by atoms with Gasteiger partial charge in [-0.3, -0.25) is 43.8 Å². The summed E-state index contributed by atoms with van der Waals surface area (Å²) in [7, 11) is 0. The zero-order valence-corrected chi connectivity index (χ0v) is 44.3. The summed E-state index contributed by atoms with van der Waals surface area (Å²) in [5.41, 5.74) is 1.37. The van der Waals surface area contributed by atoms with Crippen LogP contribution >= 0.6 is 23.2 Å². The molecular formula is C58H63Cl2FN6O10. The van der Waals surface area contributed by atoms with Crippen LogP contribution in [0.5, 0.6) is 0 Å². The molecule has 5 aliphatic rings. The van der Waals surface area contributed by atoms with Crippen LogP contribution in [0.25, 0.3) is 0 Å². The number of benzene rings is 4. The molecule has 77 heavy (non-hydrogen) atoms. The zero-order valence-electron chi connectivity index (χ0n) is 42.8. The molecule has 4 aliphatic heterocycles. The Kier molecular flexibility index (Phi) is 17.7. The minimum absolute atomic E-state index is 0.0183. The zero-order chi connectivity index (χ0) is 54.3. The van der Waals surface area contributed by atoms with E-state index in [1.807, 2.05) is 6.07 Å². The Morgan fingerprint density at radius 2 is 1.47 bits per heavy atom. The van der Waals surface area contributed by atoms with Crippen LogP contribution in [0, 0.1) is 5.82 Å². The number of nitrogens with one attached hydrogen (secondary N) is 5. The summed E-state index contributed by atoms with van der Waals surface area (Å²) in [5.74, 6) is -4.06. The molecule has 5 amide bonds. The fourth-order valence-electron chi connectivity index (χ4n) is 11.9. The third-order valence-electron chi connectivity index (χ3n) is 15.5. The van der Waals surface area contributed by atoms with Gasteiger partial charge in [0.25, 0.3) is 11.8 Å². The normalized spacial score (nSPS) is 21.3. The Morgan fingerprint density at radius 1 is 0.779 bits per heavy atom. The van der Waals surface area contributed by atoms with Gasteiger partial charge in [-0.1, -0.05) is 73.3 Å². The molecule has 0 bridgehead atoms. The standard InChI is InChI=1S/C58H63Cl2FN6O10/c1-35-17-24-46(52(70)63-35)67-54(72)40-12-10-15-44(48(40)55(67)73)62-34-39(68)11-3-7-27-75-29-31-77-32-30-76-28-8-4-16-47(69)36-18-21-38(22-19-36)64-53(71)51-49(41-13-9-14-43(60)50(41)61)58(57(66-51)25-5-2-6-26-57)42-23-20-37(59)33-45(42)65-56(58)74/h9-10,12-15,18-23,33,46,49,51,62,66H,1-8,11,16-17,24-32,34H2,(H,63,70)(H,64,71)(H,65,74)/t46?,49-,51+,58+/m0/s1. The number of amides is 5. The first-order valence-electron chi connectivity index (χ1n) is 26.5. The molecule has 4 atom stereocenters. The highest BCUT2D eigenvalue weighted by Crippen LogP contribution is 2.63. The average molecular weight is 1090 g/mol. The Hall–Kier alpha value is -6.34. The molecule has 9 rings (SSSR count). The fraction of sp³-hybridized carbons (Fsp3) is 0.431. The topological polar surface area (TPSA) is 211 Å². The van der Waals surface area contributed by atoms with Crippen LogP contribution in [0.1, 0.15) is 132 Å². The average Bonchev–Trinajstić information content (AvgIpc) is 4.22. The predicted molar refractivity (Wildman–Crippen MR) is 289 cm³/mol. The first-order chi connectivity index (χ1) is 37.2. The number of halogens is 3. The van der Waals surface area contributed by atoms with Crippen LogP contribution in [0.4, 0.5) is 21.5 Å². The number of carbonyl (C=O) groups is 7. The van der Waals surface area contributed by atoms with E-state index in [4.69, 9.17) is 37.4 Å². The highest BCUT2D eigenvalue weighted by atomic mass is 35.5. The highest BCUT2D eigenvalue weighted by Gasteiger charge is 2.72. The summed E-state index contributed by atoms with van der Waals surface area (Å²) in [6, 6.07) is 19.5. The molecule has 4 heterocycles. The maximum absolute atomic E-state index is 16.3. The lowest BCUT2D eigenvalue weighted by Crippen LogP contribution is -2.60. The molecular weight excluding hydrogens is 1030 g/mol. The molecule has 0 radical (unpaired) electrons. The molecule has 5 N–H and O–H groups in total. The van der Waals surface area contributed by atoms with Crippen molar-refractivity contribution in [1.82, 2.24) is 15.5 Å². The summed E-state index contributed by atoms with van der Waals surface area (Å²) in [4.78, 5) is 95.0. The van der Waals surface area contributed by atoms with E-state index in [0.29, 0.717) is 143 Å². The second kappa shape index (κ2) is 24.5. The van der Waals surface area contributed by atoms with Gasteiger partial charge in [0.1, 0.15) is 17.3 Å². The summed E-state index contributed by atoms with van der Waals surface area (Å²) < 4.78 is 33.2. The summed E-state index contributed by atoms with van der Waals surface area (Å²) in [6.45, 7) is 6.22. The Morgan fingerprint density at radius 3 is 2.18 bits per heavy atom. The third-order valence-corrected chi connectivity index (χ3v) is 16.0. The third kappa shape index (κ3) is 11.5. The van der Waals surface area contributed by atoms with Gasteiger partial charge in [-0.05, 0) is 117 Å². The Labute approximate surface area is 456 Å². The van der Waals surface area contributed by atoms with Crippen LogP contribution in [-0.4, -0.2) is 110 Å². The number of anilines is 3. The van der Waals surface area contributed by atoms with E-state index < -0.39 is 58.4 Å². The molecule has 16 nitrogen and oxygen atoms in total. The molecule has 2 spiro atoms. The highest BCUT2D eigenvalue weighted by molar-refractivity contribution is 6.31. The van der Waals surface area contributed by atoms with E-state index in [9.17, 15) is 33.6 Å². The molecule has 1 unspecified atom stereocenters. The summed E-state index contributed by atoms with van der Waals surface area (Å²) in [6.07, 6.45) is 7.77. The Balaban J connectivity index is 0.646. The maximum Gasteiger partial charge on any atom is 0.264 e. The number of fused-ring (bicyclic) bond motifs is 4. The van der Waals surface area contributed by atoms with E-state index in [2.05, 4.69) is 33.2 Å². The number of unbranched alkanes of at least 4 members (excludes halogenated alkanes) is 2. The SMILES string of the molecule is C=C1CCC(N2C(=O)c3cccc(NCC(=O)CCCCOCCOCCOCCCCC(=O)c4ccc(NC(=O)[C@@H]5NC6(CCCCC6)[C@@]6(C(=O)Nc7cc(Cl)ccc76)[C@H]5c5cccc(Cl)c5F)cc4)c3C2=O)C(=O)N1. The monoisotopic (exact) mass is 1090 g/mol. The van der Waals surface area contributed by atoms with Crippen molar-refractivity contribution >= 4 is 81.4 Å². The van der Waals surface area contributed by atoms with E-state index in [0.717, 1.165) is 24.2 Å². The number of hydrogen-bond acceptors (Lipinski definition) is 12.